The first kappa shape index (κ1) is 15.7. The quantitative estimate of drug-likeness (QED) is 0.634. The molecule has 0 amide bonds. The Morgan fingerprint density at radius 1 is 1.42 bits per heavy atom. The number of amidine groups is 1. The molecule has 0 aliphatic rings. The number of hydrogen-bond acceptors (Lipinski definition) is 3. The molecule has 19 heavy (non-hydrogen) atoms. The number of rotatable bonds is 5. The van der Waals surface area contributed by atoms with Crippen molar-refractivity contribution in [1.82, 2.24) is 4.31 Å². The highest BCUT2D eigenvalue weighted by molar-refractivity contribution is 7.89. The van der Waals surface area contributed by atoms with Crippen LogP contribution >= 0.6 is 0 Å². The van der Waals surface area contributed by atoms with E-state index in [-0.39, 0.29) is 18.3 Å². The fraction of sp³-hybridized carbons (Fsp3) is 0.462. The molecule has 0 radical (unpaired) electrons. The Hall–Kier alpha value is -1.40. The van der Waals surface area contributed by atoms with Gasteiger partial charge in [-0.25, -0.2) is 12.7 Å². The van der Waals surface area contributed by atoms with Gasteiger partial charge in [0.2, 0.25) is 10.0 Å². The number of benzene rings is 1. The van der Waals surface area contributed by atoms with E-state index >= 15 is 0 Å². The third-order valence-corrected chi connectivity index (χ3v) is 5.06. The van der Waals surface area contributed by atoms with Gasteiger partial charge in [-0.15, -0.1) is 0 Å². The molecule has 6 heteroatoms. The van der Waals surface area contributed by atoms with Crippen LogP contribution in [0.15, 0.2) is 23.1 Å². The lowest BCUT2D eigenvalue weighted by atomic mass is 10.2. The predicted octanol–water partition coefficient (Wildman–Crippen LogP) is 1.50. The van der Waals surface area contributed by atoms with Crippen molar-refractivity contribution in [2.75, 3.05) is 13.6 Å². The molecule has 0 spiro atoms. The minimum absolute atomic E-state index is 0.0111. The van der Waals surface area contributed by atoms with Gasteiger partial charge in [0.15, 0.2) is 0 Å². The fourth-order valence-electron chi connectivity index (χ4n) is 1.74. The summed E-state index contributed by atoms with van der Waals surface area (Å²) in [4.78, 5) is 0.311. The molecule has 0 aliphatic carbocycles. The number of hydrogen-bond donors (Lipinski definition) is 2. The van der Waals surface area contributed by atoms with E-state index in [0.717, 1.165) is 5.56 Å². The van der Waals surface area contributed by atoms with Crippen LogP contribution in [0.3, 0.4) is 0 Å². The zero-order valence-electron chi connectivity index (χ0n) is 11.8. The van der Waals surface area contributed by atoms with Gasteiger partial charge in [0, 0.05) is 19.5 Å². The molecule has 0 fully saturated rings. The van der Waals surface area contributed by atoms with Gasteiger partial charge in [-0.05, 0) is 31.0 Å². The molecule has 5 nitrogen and oxygen atoms in total. The summed E-state index contributed by atoms with van der Waals surface area (Å²) in [6.07, 6.45) is 0. The van der Waals surface area contributed by atoms with Crippen molar-refractivity contribution in [3.8, 4) is 0 Å². The van der Waals surface area contributed by atoms with Crippen molar-refractivity contribution in [2.45, 2.75) is 25.7 Å². The molecule has 106 valence electrons. The van der Waals surface area contributed by atoms with Crippen molar-refractivity contribution < 1.29 is 8.42 Å². The van der Waals surface area contributed by atoms with Gasteiger partial charge in [0.05, 0.1) is 10.7 Å². The Labute approximate surface area is 115 Å². The summed E-state index contributed by atoms with van der Waals surface area (Å²) in [5, 5.41) is 7.34. The molecule has 1 unspecified atom stereocenters. The second-order valence-corrected chi connectivity index (χ2v) is 6.92. The van der Waals surface area contributed by atoms with Crippen molar-refractivity contribution in [2.24, 2.45) is 11.7 Å². The number of nitrogens with zero attached hydrogens (tertiary/aromatic N) is 1. The summed E-state index contributed by atoms with van der Waals surface area (Å²) in [6.45, 7) is 5.56. The average Bonchev–Trinajstić information content (AvgIpc) is 2.31. The number of nitrogens with one attached hydrogen (secondary N) is 1. The Morgan fingerprint density at radius 3 is 2.53 bits per heavy atom. The summed E-state index contributed by atoms with van der Waals surface area (Å²) in [5.41, 5.74) is 7.00. The van der Waals surface area contributed by atoms with Crippen LogP contribution in [-0.4, -0.2) is 32.2 Å². The SMILES string of the molecule is Cc1ccc(C)c(S(=O)(=O)N(C)CC(C)C(=N)N)c1. The molecule has 1 aromatic carbocycles. The maximum absolute atomic E-state index is 12.5. The van der Waals surface area contributed by atoms with E-state index in [1.165, 1.54) is 11.4 Å². The number of sulfonamides is 1. The van der Waals surface area contributed by atoms with Crippen molar-refractivity contribution in [3.05, 3.63) is 29.3 Å². The van der Waals surface area contributed by atoms with Crippen LogP contribution in [-0.2, 0) is 10.0 Å². The second-order valence-electron chi connectivity index (χ2n) is 4.91. The van der Waals surface area contributed by atoms with E-state index in [1.807, 2.05) is 13.0 Å². The van der Waals surface area contributed by atoms with Crippen LogP contribution in [0.4, 0.5) is 0 Å². The number of aryl methyl sites for hydroxylation is 2. The molecule has 0 saturated carbocycles. The van der Waals surface area contributed by atoms with Gasteiger partial charge in [-0.2, -0.15) is 0 Å². The van der Waals surface area contributed by atoms with Crippen LogP contribution in [0.1, 0.15) is 18.1 Å². The third-order valence-electron chi connectivity index (χ3n) is 3.09. The summed E-state index contributed by atoms with van der Waals surface area (Å²) in [7, 11) is -2.03. The summed E-state index contributed by atoms with van der Waals surface area (Å²) in [6, 6.07) is 5.34. The molecule has 1 atom stereocenters. The first-order valence-electron chi connectivity index (χ1n) is 6.03. The molecule has 0 saturated heterocycles. The minimum Gasteiger partial charge on any atom is -0.387 e. The van der Waals surface area contributed by atoms with Crippen LogP contribution in [0, 0.1) is 25.2 Å². The molecule has 0 bridgehead atoms. The topological polar surface area (TPSA) is 87.2 Å². The van der Waals surface area contributed by atoms with Crippen molar-refractivity contribution >= 4 is 15.9 Å². The van der Waals surface area contributed by atoms with Crippen molar-refractivity contribution in [3.63, 3.8) is 0 Å². The van der Waals surface area contributed by atoms with Gasteiger partial charge in [-0.1, -0.05) is 19.1 Å². The first-order chi connectivity index (χ1) is 8.66. The van der Waals surface area contributed by atoms with Crippen LogP contribution < -0.4 is 5.73 Å². The van der Waals surface area contributed by atoms with Gasteiger partial charge in [0.1, 0.15) is 0 Å². The lowest BCUT2D eigenvalue weighted by Gasteiger charge is -2.21. The summed E-state index contributed by atoms with van der Waals surface area (Å²) < 4.78 is 26.2. The summed E-state index contributed by atoms with van der Waals surface area (Å²) >= 11 is 0. The van der Waals surface area contributed by atoms with Crippen LogP contribution in [0.2, 0.25) is 0 Å². The largest absolute Gasteiger partial charge is 0.387 e. The van der Waals surface area contributed by atoms with E-state index < -0.39 is 10.0 Å². The maximum atomic E-state index is 12.5. The average molecular weight is 283 g/mol. The van der Waals surface area contributed by atoms with E-state index in [2.05, 4.69) is 0 Å². The Kier molecular flexibility index (Phi) is 4.70. The summed E-state index contributed by atoms with van der Waals surface area (Å²) in [5.74, 6) is -0.312. The highest BCUT2D eigenvalue weighted by Crippen LogP contribution is 2.21. The molecule has 0 aliphatic heterocycles. The number of nitrogens with two attached hydrogens (primary N) is 1. The monoisotopic (exact) mass is 283 g/mol. The lowest BCUT2D eigenvalue weighted by molar-refractivity contribution is 0.443. The Bertz CT molecular complexity index is 582. The van der Waals surface area contributed by atoms with Gasteiger partial charge in [0.25, 0.3) is 0 Å². The van der Waals surface area contributed by atoms with Gasteiger partial charge < -0.3 is 5.73 Å². The molecular formula is C13H21N3O2S. The smallest absolute Gasteiger partial charge is 0.243 e. The Morgan fingerprint density at radius 2 is 2.00 bits per heavy atom. The Balaban J connectivity index is 3.10. The normalized spacial score (nSPS) is 13.5. The fourth-order valence-corrected chi connectivity index (χ4v) is 3.30. The van der Waals surface area contributed by atoms with Crippen LogP contribution in [0.5, 0.6) is 0 Å². The molecule has 3 N–H and O–H groups in total. The highest BCUT2D eigenvalue weighted by atomic mass is 32.2. The van der Waals surface area contributed by atoms with E-state index in [9.17, 15) is 8.42 Å². The first-order valence-corrected chi connectivity index (χ1v) is 7.47. The van der Waals surface area contributed by atoms with Crippen molar-refractivity contribution in [1.29, 1.82) is 5.41 Å². The molecule has 1 rings (SSSR count). The van der Waals surface area contributed by atoms with Gasteiger partial charge >= 0.3 is 0 Å². The molecule has 1 aromatic rings. The molecule has 0 heterocycles. The second kappa shape index (κ2) is 5.71. The van der Waals surface area contributed by atoms with E-state index in [4.69, 9.17) is 11.1 Å². The zero-order chi connectivity index (χ0) is 14.8. The standard InChI is InChI=1S/C13H21N3O2S/c1-9-5-6-10(2)12(7-9)19(17,18)16(4)8-11(3)13(14)15/h5-7,11H,8H2,1-4H3,(H3,14,15). The maximum Gasteiger partial charge on any atom is 0.243 e. The van der Waals surface area contributed by atoms with Gasteiger partial charge in [-0.3, -0.25) is 5.41 Å². The molecule has 0 aromatic heterocycles. The molecular weight excluding hydrogens is 262 g/mol. The van der Waals surface area contributed by atoms with E-state index in [1.54, 1.807) is 26.0 Å². The predicted molar refractivity (Wildman–Crippen MR) is 76.8 cm³/mol. The zero-order valence-corrected chi connectivity index (χ0v) is 12.6. The third kappa shape index (κ3) is 3.54. The van der Waals surface area contributed by atoms with Crippen LogP contribution in [0.25, 0.3) is 0 Å². The lowest BCUT2D eigenvalue weighted by Crippen LogP contribution is -2.36. The minimum atomic E-state index is -3.54. The highest BCUT2D eigenvalue weighted by Gasteiger charge is 2.24. The van der Waals surface area contributed by atoms with E-state index in [0.29, 0.717) is 10.5 Å².